The van der Waals surface area contributed by atoms with Gasteiger partial charge in [0, 0.05) is 42.8 Å². The number of rotatable bonds is 5. The molecule has 0 saturated carbocycles. The van der Waals surface area contributed by atoms with Crippen LogP contribution in [0.15, 0.2) is 42.5 Å². The van der Waals surface area contributed by atoms with Gasteiger partial charge in [-0.3, -0.25) is 14.5 Å². The Morgan fingerprint density at radius 3 is 2.31 bits per heavy atom. The van der Waals surface area contributed by atoms with Crippen molar-refractivity contribution < 1.29 is 14.0 Å². The summed E-state index contributed by atoms with van der Waals surface area (Å²) in [5.41, 5.74) is 0.939. The molecule has 3 rings (SSSR count). The third-order valence-corrected chi connectivity index (χ3v) is 5.55. The van der Waals surface area contributed by atoms with E-state index in [1.54, 1.807) is 17.0 Å². The summed E-state index contributed by atoms with van der Waals surface area (Å²) in [6.07, 6.45) is 0. The molecule has 2 aromatic carbocycles. The zero-order valence-electron chi connectivity index (χ0n) is 16.0. The molecule has 154 valence electrons. The standard InChI is InChI=1S/C21H22Cl2FN3O2/c1-14(20(28)25-13-15-2-4-16(22)5-3-15)26-8-10-27(11-9-26)21(29)18-12-17(23)6-7-19(18)24/h2-7,12,14H,8-11,13H2,1H3,(H,25,28). The van der Waals surface area contributed by atoms with Gasteiger partial charge in [-0.1, -0.05) is 35.3 Å². The van der Waals surface area contributed by atoms with Crippen molar-refractivity contribution in [1.82, 2.24) is 15.1 Å². The van der Waals surface area contributed by atoms with E-state index in [0.717, 1.165) is 5.56 Å². The van der Waals surface area contributed by atoms with Crippen molar-refractivity contribution in [2.24, 2.45) is 0 Å². The maximum Gasteiger partial charge on any atom is 0.256 e. The Balaban J connectivity index is 1.51. The summed E-state index contributed by atoms with van der Waals surface area (Å²) in [4.78, 5) is 28.7. The van der Waals surface area contributed by atoms with Crippen molar-refractivity contribution in [3.63, 3.8) is 0 Å². The molecule has 1 heterocycles. The van der Waals surface area contributed by atoms with Crippen molar-refractivity contribution in [3.8, 4) is 0 Å². The Morgan fingerprint density at radius 2 is 1.66 bits per heavy atom. The third-order valence-electron chi connectivity index (χ3n) is 5.07. The number of carbonyl (C=O) groups is 2. The van der Waals surface area contributed by atoms with Crippen molar-refractivity contribution in [2.75, 3.05) is 26.2 Å². The van der Waals surface area contributed by atoms with Crippen LogP contribution in [0.5, 0.6) is 0 Å². The number of carbonyl (C=O) groups excluding carboxylic acids is 2. The fourth-order valence-corrected chi connectivity index (χ4v) is 3.55. The minimum Gasteiger partial charge on any atom is -0.351 e. The maximum atomic E-state index is 14.0. The molecule has 2 amide bonds. The van der Waals surface area contributed by atoms with Crippen LogP contribution in [0.1, 0.15) is 22.8 Å². The molecule has 1 saturated heterocycles. The van der Waals surface area contributed by atoms with Crippen LogP contribution in [0.4, 0.5) is 4.39 Å². The number of hydrogen-bond donors (Lipinski definition) is 1. The Kier molecular flexibility index (Phi) is 7.11. The van der Waals surface area contributed by atoms with Gasteiger partial charge in [0.2, 0.25) is 5.91 Å². The number of halogens is 3. The van der Waals surface area contributed by atoms with Crippen LogP contribution >= 0.6 is 23.2 Å². The molecule has 1 atom stereocenters. The molecule has 5 nitrogen and oxygen atoms in total. The van der Waals surface area contributed by atoms with Crippen LogP contribution in [-0.2, 0) is 11.3 Å². The van der Waals surface area contributed by atoms with E-state index in [9.17, 15) is 14.0 Å². The lowest BCUT2D eigenvalue weighted by Crippen LogP contribution is -2.55. The van der Waals surface area contributed by atoms with Gasteiger partial charge in [0.25, 0.3) is 5.91 Å². The van der Waals surface area contributed by atoms with Gasteiger partial charge >= 0.3 is 0 Å². The molecule has 0 aromatic heterocycles. The second-order valence-electron chi connectivity index (χ2n) is 6.97. The van der Waals surface area contributed by atoms with Gasteiger partial charge in [0.15, 0.2) is 0 Å². The molecule has 0 spiro atoms. The quantitative estimate of drug-likeness (QED) is 0.777. The highest BCUT2D eigenvalue weighted by atomic mass is 35.5. The lowest BCUT2D eigenvalue weighted by Gasteiger charge is -2.37. The Labute approximate surface area is 179 Å². The van der Waals surface area contributed by atoms with Crippen LogP contribution in [0.2, 0.25) is 10.0 Å². The minimum absolute atomic E-state index is 0.0280. The van der Waals surface area contributed by atoms with Gasteiger partial charge in [-0.15, -0.1) is 0 Å². The van der Waals surface area contributed by atoms with Crippen LogP contribution in [0.25, 0.3) is 0 Å². The molecule has 2 aromatic rings. The molecular weight excluding hydrogens is 416 g/mol. The average molecular weight is 438 g/mol. The smallest absolute Gasteiger partial charge is 0.256 e. The van der Waals surface area contributed by atoms with Crippen LogP contribution in [-0.4, -0.2) is 53.8 Å². The molecular formula is C21H22Cl2FN3O2. The van der Waals surface area contributed by atoms with Gasteiger partial charge in [-0.05, 0) is 42.8 Å². The topological polar surface area (TPSA) is 52.7 Å². The molecule has 0 bridgehead atoms. The largest absolute Gasteiger partial charge is 0.351 e. The van der Waals surface area contributed by atoms with Gasteiger partial charge < -0.3 is 10.2 Å². The first-order valence-corrected chi connectivity index (χ1v) is 10.1. The molecule has 1 aliphatic rings. The highest BCUT2D eigenvalue weighted by Gasteiger charge is 2.28. The Morgan fingerprint density at radius 1 is 1.03 bits per heavy atom. The number of nitrogens with one attached hydrogen (secondary N) is 1. The van der Waals surface area contributed by atoms with E-state index in [-0.39, 0.29) is 23.4 Å². The number of amides is 2. The normalized spacial score (nSPS) is 15.8. The second-order valence-corrected chi connectivity index (χ2v) is 7.85. The van der Waals surface area contributed by atoms with E-state index in [1.165, 1.54) is 18.2 Å². The Bertz CT molecular complexity index is 884. The second kappa shape index (κ2) is 9.57. The van der Waals surface area contributed by atoms with E-state index in [0.29, 0.717) is 42.8 Å². The summed E-state index contributed by atoms with van der Waals surface area (Å²) in [6, 6.07) is 10.9. The molecule has 1 unspecified atom stereocenters. The lowest BCUT2D eigenvalue weighted by atomic mass is 10.1. The highest BCUT2D eigenvalue weighted by Crippen LogP contribution is 2.18. The van der Waals surface area contributed by atoms with E-state index < -0.39 is 5.82 Å². The summed E-state index contributed by atoms with van der Waals surface area (Å²) >= 11 is 11.8. The predicted molar refractivity (Wildman–Crippen MR) is 112 cm³/mol. The third kappa shape index (κ3) is 5.47. The summed E-state index contributed by atoms with van der Waals surface area (Å²) in [6.45, 7) is 4.16. The summed E-state index contributed by atoms with van der Waals surface area (Å²) < 4.78 is 14.0. The first-order chi connectivity index (χ1) is 13.8. The fourth-order valence-electron chi connectivity index (χ4n) is 3.25. The van der Waals surface area contributed by atoms with Crippen LogP contribution < -0.4 is 5.32 Å². The van der Waals surface area contributed by atoms with Crippen LogP contribution in [0, 0.1) is 5.82 Å². The van der Waals surface area contributed by atoms with Crippen molar-refractivity contribution in [2.45, 2.75) is 19.5 Å². The first-order valence-electron chi connectivity index (χ1n) is 9.35. The van der Waals surface area contributed by atoms with Crippen molar-refractivity contribution >= 4 is 35.0 Å². The molecule has 1 fully saturated rings. The summed E-state index contributed by atoms with van der Waals surface area (Å²) in [5, 5.41) is 3.89. The van der Waals surface area contributed by atoms with Crippen molar-refractivity contribution in [1.29, 1.82) is 0 Å². The van der Waals surface area contributed by atoms with Gasteiger partial charge in [0.1, 0.15) is 5.82 Å². The van der Waals surface area contributed by atoms with Crippen LogP contribution in [0.3, 0.4) is 0 Å². The molecule has 29 heavy (non-hydrogen) atoms. The first kappa shape index (κ1) is 21.6. The summed E-state index contributed by atoms with van der Waals surface area (Å²) in [5.74, 6) is -1.05. The molecule has 1 N–H and O–H groups in total. The SMILES string of the molecule is CC(C(=O)NCc1ccc(Cl)cc1)N1CCN(C(=O)c2cc(Cl)ccc2F)CC1. The molecule has 0 aliphatic carbocycles. The predicted octanol–water partition coefficient (Wildman–Crippen LogP) is 3.60. The number of hydrogen-bond acceptors (Lipinski definition) is 3. The monoisotopic (exact) mass is 437 g/mol. The molecule has 0 radical (unpaired) electrons. The molecule has 8 heteroatoms. The summed E-state index contributed by atoms with van der Waals surface area (Å²) in [7, 11) is 0. The average Bonchev–Trinajstić information content (AvgIpc) is 2.74. The van der Waals surface area contributed by atoms with E-state index >= 15 is 0 Å². The number of nitrogens with zero attached hydrogens (tertiary/aromatic N) is 2. The highest BCUT2D eigenvalue weighted by molar-refractivity contribution is 6.31. The van der Waals surface area contributed by atoms with Gasteiger partial charge in [-0.25, -0.2) is 4.39 Å². The zero-order valence-corrected chi connectivity index (χ0v) is 17.5. The van der Waals surface area contributed by atoms with Gasteiger partial charge in [-0.2, -0.15) is 0 Å². The van der Waals surface area contributed by atoms with E-state index in [1.807, 2.05) is 24.0 Å². The molecule has 1 aliphatic heterocycles. The van der Waals surface area contributed by atoms with Gasteiger partial charge in [0.05, 0.1) is 11.6 Å². The van der Waals surface area contributed by atoms with Crippen molar-refractivity contribution in [3.05, 3.63) is 69.5 Å². The minimum atomic E-state index is -0.586. The van der Waals surface area contributed by atoms with E-state index in [2.05, 4.69) is 5.32 Å². The lowest BCUT2D eigenvalue weighted by molar-refractivity contribution is -0.126. The number of piperazine rings is 1. The number of benzene rings is 2. The van der Waals surface area contributed by atoms with E-state index in [4.69, 9.17) is 23.2 Å². The maximum absolute atomic E-state index is 14.0. The fraction of sp³-hybridized carbons (Fsp3) is 0.333. The zero-order chi connectivity index (χ0) is 21.0. The Hall–Kier alpha value is -2.15.